The largest absolute Gasteiger partial charge is 0.381 e. The number of benzene rings is 1. The van der Waals surface area contributed by atoms with E-state index in [-0.39, 0.29) is 11.9 Å². The van der Waals surface area contributed by atoms with Gasteiger partial charge in [0.1, 0.15) is 6.04 Å². The molecule has 3 rings (SSSR count). The third-order valence-electron chi connectivity index (χ3n) is 5.92. The summed E-state index contributed by atoms with van der Waals surface area (Å²) in [5.74, 6) is 0.246. The first-order chi connectivity index (χ1) is 11.5. The normalized spacial score (nSPS) is 21.9. The molecule has 0 radical (unpaired) electrons. The van der Waals surface area contributed by atoms with Gasteiger partial charge in [-0.2, -0.15) is 0 Å². The summed E-state index contributed by atoms with van der Waals surface area (Å²) in [6.07, 6.45) is 4.56. The van der Waals surface area contributed by atoms with Gasteiger partial charge in [-0.05, 0) is 63.2 Å². The van der Waals surface area contributed by atoms with Crippen molar-refractivity contribution in [1.29, 1.82) is 0 Å². The summed E-state index contributed by atoms with van der Waals surface area (Å²) in [6.45, 7) is 5.63. The summed E-state index contributed by atoms with van der Waals surface area (Å²) in [4.78, 5) is 17.3. The Balaban J connectivity index is 1.72. The van der Waals surface area contributed by atoms with Crippen LogP contribution < -0.4 is 0 Å². The Morgan fingerprint density at radius 2 is 1.75 bits per heavy atom. The van der Waals surface area contributed by atoms with E-state index in [4.69, 9.17) is 4.74 Å². The van der Waals surface area contributed by atoms with Crippen molar-refractivity contribution in [2.45, 2.75) is 38.6 Å². The van der Waals surface area contributed by atoms with Gasteiger partial charge in [0.05, 0.1) is 0 Å². The maximum Gasteiger partial charge on any atom is 0.244 e. The second kappa shape index (κ2) is 7.24. The van der Waals surface area contributed by atoms with Crippen LogP contribution in [0.3, 0.4) is 0 Å². The summed E-state index contributed by atoms with van der Waals surface area (Å²) in [5.41, 5.74) is 2.73. The average molecular weight is 330 g/mol. The van der Waals surface area contributed by atoms with Crippen molar-refractivity contribution < 1.29 is 9.53 Å². The number of amides is 1. The molecule has 0 N–H and O–H groups in total. The van der Waals surface area contributed by atoms with Gasteiger partial charge in [0.2, 0.25) is 5.91 Å². The number of rotatable bonds is 3. The minimum atomic E-state index is -0.185. The van der Waals surface area contributed by atoms with Crippen LogP contribution in [0, 0.1) is 12.3 Å². The summed E-state index contributed by atoms with van der Waals surface area (Å²) >= 11 is 0. The standard InChI is InChI=1S/C20H30N2O2/c1-16-6-4-5-7-17(16)18(21(2)3)19(23)22-12-8-20(9-13-22)10-14-24-15-11-20/h4-7,18H,8-15H2,1-3H3/t18-/m0/s1. The molecule has 1 spiro atoms. The zero-order valence-corrected chi connectivity index (χ0v) is 15.3. The van der Waals surface area contributed by atoms with Gasteiger partial charge in [-0.3, -0.25) is 9.69 Å². The Hall–Kier alpha value is -1.39. The SMILES string of the molecule is Cc1ccccc1[C@@H](C(=O)N1CCC2(CCOCC2)CC1)N(C)C. The fourth-order valence-electron chi connectivity index (χ4n) is 4.20. The highest BCUT2D eigenvalue weighted by molar-refractivity contribution is 5.83. The van der Waals surface area contributed by atoms with E-state index in [1.165, 1.54) is 5.56 Å². The molecular formula is C20H30N2O2. The quantitative estimate of drug-likeness (QED) is 0.854. The van der Waals surface area contributed by atoms with Crippen LogP contribution in [-0.2, 0) is 9.53 Å². The molecule has 1 aromatic carbocycles. The van der Waals surface area contributed by atoms with Crippen molar-refractivity contribution in [3.8, 4) is 0 Å². The highest BCUT2D eigenvalue weighted by Gasteiger charge is 2.39. The van der Waals surface area contributed by atoms with Gasteiger partial charge in [-0.1, -0.05) is 24.3 Å². The Bertz CT molecular complexity index is 569. The number of piperidine rings is 1. The molecule has 2 fully saturated rings. The first-order valence-electron chi connectivity index (χ1n) is 9.11. The summed E-state index contributed by atoms with van der Waals surface area (Å²) < 4.78 is 5.52. The first-order valence-corrected chi connectivity index (χ1v) is 9.11. The molecule has 0 bridgehead atoms. The summed E-state index contributed by atoms with van der Waals surface area (Å²) in [5, 5.41) is 0. The molecule has 0 aromatic heterocycles. The zero-order chi connectivity index (χ0) is 17.2. The fourth-order valence-corrected chi connectivity index (χ4v) is 4.20. The molecule has 2 heterocycles. The van der Waals surface area contributed by atoms with Crippen molar-refractivity contribution in [3.63, 3.8) is 0 Å². The van der Waals surface area contributed by atoms with E-state index in [9.17, 15) is 4.79 Å². The van der Waals surface area contributed by atoms with Crippen LogP contribution in [0.2, 0.25) is 0 Å². The maximum atomic E-state index is 13.2. The molecule has 0 aliphatic carbocycles. The Kier molecular flexibility index (Phi) is 5.26. The molecule has 2 aliphatic heterocycles. The lowest BCUT2D eigenvalue weighted by atomic mass is 9.72. The van der Waals surface area contributed by atoms with E-state index in [0.717, 1.165) is 57.6 Å². The van der Waals surface area contributed by atoms with Gasteiger partial charge >= 0.3 is 0 Å². The Morgan fingerprint density at radius 1 is 1.12 bits per heavy atom. The molecule has 0 saturated carbocycles. The number of likely N-dealkylation sites (tertiary alicyclic amines) is 1. The van der Waals surface area contributed by atoms with Crippen LogP contribution in [0.15, 0.2) is 24.3 Å². The Labute approximate surface area is 145 Å². The fraction of sp³-hybridized carbons (Fsp3) is 0.650. The molecule has 24 heavy (non-hydrogen) atoms. The van der Waals surface area contributed by atoms with E-state index in [2.05, 4.69) is 24.0 Å². The number of ether oxygens (including phenoxy) is 1. The summed E-state index contributed by atoms with van der Waals surface area (Å²) in [6, 6.07) is 8.05. The maximum absolute atomic E-state index is 13.2. The molecule has 1 amide bonds. The number of nitrogens with zero attached hydrogens (tertiary/aromatic N) is 2. The Morgan fingerprint density at radius 3 is 2.33 bits per heavy atom. The second-order valence-electron chi connectivity index (χ2n) is 7.66. The monoisotopic (exact) mass is 330 g/mol. The molecule has 4 heteroatoms. The van der Waals surface area contributed by atoms with E-state index >= 15 is 0 Å². The summed E-state index contributed by atoms with van der Waals surface area (Å²) in [7, 11) is 4.00. The van der Waals surface area contributed by atoms with E-state index in [1.54, 1.807) is 0 Å². The zero-order valence-electron chi connectivity index (χ0n) is 15.3. The predicted octanol–water partition coefficient (Wildman–Crippen LogP) is 3.02. The van der Waals surface area contributed by atoms with Gasteiger partial charge in [-0.25, -0.2) is 0 Å². The van der Waals surface area contributed by atoms with Crippen LogP contribution in [0.5, 0.6) is 0 Å². The molecule has 2 aliphatic rings. The lowest BCUT2D eigenvalue weighted by molar-refractivity contribution is -0.139. The number of carbonyl (C=O) groups excluding carboxylic acids is 1. The van der Waals surface area contributed by atoms with E-state index in [0.29, 0.717) is 5.41 Å². The van der Waals surface area contributed by atoms with Gasteiger partial charge in [-0.15, -0.1) is 0 Å². The lowest BCUT2D eigenvalue weighted by Crippen LogP contribution is -2.48. The van der Waals surface area contributed by atoms with Crippen molar-refractivity contribution in [3.05, 3.63) is 35.4 Å². The minimum absolute atomic E-state index is 0.185. The molecule has 2 saturated heterocycles. The van der Waals surface area contributed by atoms with Gasteiger partial charge < -0.3 is 9.64 Å². The highest BCUT2D eigenvalue weighted by Crippen LogP contribution is 2.41. The topological polar surface area (TPSA) is 32.8 Å². The van der Waals surface area contributed by atoms with E-state index in [1.807, 2.05) is 31.1 Å². The number of hydrogen-bond donors (Lipinski definition) is 0. The number of aryl methyl sites for hydroxylation is 1. The molecule has 132 valence electrons. The predicted molar refractivity (Wildman–Crippen MR) is 95.9 cm³/mol. The second-order valence-corrected chi connectivity index (χ2v) is 7.66. The molecule has 1 atom stereocenters. The van der Waals surface area contributed by atoms with Crippen LogP contribution in [0.1, 0.15) is 42.9 Å². The third-order valence-corrected chi connectivity index (χ3v) is 5.92. The number of hydrogen-bond acceptors (Lipinski definition) is 3. The molecular weight excluding hydrogens is 300 g/mol. The van der Waals surface area contributed by atoms with Gasteiger partial charge in [0, 0.05) is 26.3 Å². The first kappa shape index (κ1) is 17.4. The molecule has 4 nitrogen and oxygen atoms in total. The van der Waals surface area contributed by atoms with Crippen LogP contribution >= 0.6 is 0 Å². The lowest BCUT2D eigenvalue weighted by Gasteiger charge is -2.45. The molecule has 1 aromatic rings. The number of carbonyl (C=O) groups is 1. The smallest absolute Gasteiger partial charge is 0.244 e. The van der Waals surface area contributed by atoms with Crippen molar-refractivity contribution in [1.82, 2.24) is 9.80 Å². The van der Waals surface area contributed by atoms with E-state index < -0.39 is 0 Å². The van der Waals surface area contributed by atoms with Gasteiger partial charge in [0.15, 0.2) is 0 Å². The minimum Gasteiger partial charge on any atom is -0.381 e. The average Bonchev–Trinajstić information content (AvgIpc) is 2.58. The van der Waals surface area contributed by atoms with Crippen molar-refractivity contribution >= 4 is 5.91 Å². The van der Waals surface area contributed by atoms with Crippen molar-refractivity contribution in [2.24, 2.45) is 5.41 Å². The van der Waals surface area contributed by atoms with Crippen LogP contribution in [-0.4, -0.2) is 56.1 Å². The number of likely N-dealkylation sites (N-methyl/N-ethyl adjacent to an activating group) is 1. The van der Waals surface area contributed by atoms with Crippen molar-refractivity contribution in [2.75, 3.05) is 40.4 Å². The molecule has 0 unspecified atom stereocenters. The van der Waals surface area contributed by atoms with Crippen LogP contribution in [0.4, 0.5) is 0 Å². The van der Waals surface area contributed by atoms with Gasteiger partial charge in [0.25, 0.3) is 0 Å². The highest BCUT2D eigenvalue weighted by atomic mass is 16.5. The third kappa shape index (κ3) is 3.50. The van der Waals surface area contributed by atoms with Crippen LogP contribution in [0.25, 0.3) is 0 Å².